The maximum Gasteiger partial charge on any atom is 0.161 e. The predicted molar refractivity (Wildman–Crippen MR) is 131 cm³/mol. The molecule has 3 heterocycles. The van der Waals surface area contributed by atoms with Gasteiger partial charge in [-0.1, -0.05) is 12.1 Å². The van der Waals surface area contributed by atoms with Gasteiger partial charge in [-0.3, -0.25) is 9.30 Å². The van der Waals surface area contributed by atoms with E-state index >= 15 is 0 Å². The molecule has 32 heavy (non-hydrogen) atoms. The molecule has 0 saturated carbocycles. The van der Waals surface area contributed by atoms with Crippen molar-refractivity contribution in [1.82, 2.24) is 14.3 Å². The van der Waals surface area contributed by atoms with Gasteiger partial charge in [-0.25, -0.2) is 4.98 Å². The van der Waals surface area contributed by atoms with Crippen molar-refractivity contribution >= 4 is 22.7 Å². The molecular formula is C26H29N5O. The Hall–Kier alpha value is -3.51. The number of phenolic OH excluding ortho intramolecular Hbond substituents is 1. The minimum Gasteiger partial charge on any atom is -0.508 e. The second-order valence-corrected chi connectivity index (χ2v) is 8.59. The van der Waals surface area contributed by atoms with Crippen LogP contribution in [0.25, 0.3) is 16.9 Å². The molecule has 1 saturated heterocycles. The van der Waals surface area contributed by atoms with Gasteiger partial charge < -0.3 is 15.3 Å². The van der Waals surface area contributed by atoms with Crippen molar-refractivity contribution in [3.63, 3.8) is 0 Å². The third-order valence-electron chi connectivity index (χ3n) is 6.25. The molecule has 5 rings (SSSR count). The Morgan fingerprint density at radius 3 is 2.44 bits per heavy atom. The number of fused-ring (bicyclic) bond motifs is 1. The Morgan fingerprint density at radius 1 is 0.938 bits per heavy atom. The fraction of sp³-hybridized carbons (Fsp3) is 0.269. The van der Waals surface area contributed by atoms with E-state index in [-0.39, 0.29) is 5.75 Å². The van der Waals surface area contributed by atoms with Gasteiger partial charge in [-0.15, -0.1) is 0 Å². The number of hydrogen-bond donors (Lipinski definition) is 2. The maximum absolute atomic E-state index is 9.86. The van der Waals surface area contributed by atoms with Crippen LogP contribution in [0.3, 0.4) is 0 Å². The Balaban J connectivity index is 1.34. The van der Waals surface area contributed by atoms with Gasteiger partial charge in [0.2, 0.25) is 0 Å². The maximum atomic E-state index is 9.86. The minimum absolute atomic E-state index is 0.253. The largest absolute Gasteiger partial charge is 0.508 e. The molecule has 2 aromatic heterocycles. The molecule has 1 aliphatic rings. The van der Waals surface area contributed by atoms with Crippen LogP contribution in [0, 0.1) is 0 Å². The van der Waals surface area contributed by atoms with Crippen LogP contribution in [0.1, 0.15) is 13.8 Å². The summed E-state index contributed by atoms with van der Waals surface area (Å²) in [7, 11) is 0. The smallest absolute Gasteiger partial charge is 0.161 e. The van der Waals surface area contributed by atoms with E-state index in [0.29, 0.717) is 6.04 Å². The van der Waals surface area contributed by atoms with Crippen molar-refractivity contribution in [3.05, 3.63) is 73.1 Å². The summed E-state index contributed by atoms with van der Waals surface area (Å²) in [5.74, 6) is 0.253. The van der Waals surface area contributed by atoms with Crippen molar-refractivity contribution in [3.8, 4) is 17.0 Å². The van der Waals surface area contributed by atoms with E-state index in [0.717, 1.165) is 54.5 Å². The highest BCUT2D eigenvalue weighted by Crippen LogP contribution is 2.29. The number of benzene rings is 2. The number of rotatable bonds is 5. The van der Waals surface area contributed by atoms with Crippen molar-refractivity contribution in [2.45, 2.75) is 19.9 Å². The molecule has 1 fully saturated rings. The van der Waals surface area contributed by atoms with Gasteiger partial charge in [-0.2, -0.15) is 0 Å². The van der Waals surface area contributed by atoms with Crippen LogP contribution in [0.15, 0.2) is 73.1 Å². The number of aromatic nitrogens is 2. The van der Waals surface area contributed by atoms with Gasteiger partial charge in [-0.05, 0) is 62.4 Å². The first-order valence-electron chi connectivity index (χ1n) is 11.2. The average molecular weight is 428 g/mol. The first-order chi connectivity index (χ1) is 15.6. The van der Waals surface area contributed by atoms with E-state index < -0.39 is 0 Å². The number of aromatic hydroxyl groups is 1. The number of pyridine rings is 1. The summed E-state index contributed by atoms with van der Waals surface area (Å²) in [6.07, 6.45) is 3.74. The highest BCUT2D eigenvalue weighted by atomic mass is 16.3. The molecule has 0 aliphatic carbocycles. The van der Waals surface area contributed by atoms with Crippen molar-refractivity contribution < 1.29 is 5.11 Å². The lowest BCUT2D eigenvalue weighted by molar-refractivity contribution is 0.209. The third-order valence-corrected chi connectivity index (χ3v) is 6.25. The zero-order chi connectivity index (χ0) is 22.1. The summed E-state index contributed by atoms with van der Waals surface area (Å²) in [4.78, 5) is 9.55. The lowest BCUT2D eigenvalue weighted by atomic mass is 10.1. The molecule has 0 radical (unpaired) electrons. The second kappa shape index (κ2) is 8.55. The van der Waals surface area contributed by atoms with Gasteiger partial charge in [0.15, 0.2) is 5.65 Å². The Bertz CT molecular complexity index is 1210. The van der Waals surface area contributed by atoms with Gasteiger partial charge in [0.1, 0.15) is 5.75 Å². The highest BCUT2D eigenvalue weighted by molar-refractivity contribution is 5.78. The van der Waals surface area contributed by atoms with E-state index in [1.165, 1.54) is 5.69 Å². The minimum atomic E-state index is 0.253. The zero-order valence-electron chi connectivity index (χ0n) is 18.6. The molecule has 0 spiro atoms. The molecular weight excluding hydrogens is 398 g/mol. The predicted octanol–water partition coefficient (Wildman–Crippen LogP) is 4.98. The Labute approximate surface area is 188 Å². The van der Waals surface area contributed by atoms with E-state index in [2.05, 4.69) is 58.2 Å². The molecule has 4 aromatic rings. The molecule has 6 nitrogen and oxygen atoms in total. The molecule has 6 heteroatoms. The SMILES string of the molecule is CC(C)N1CCN(c2ccc(Nc3ccc(-c4cccc(O)c4)n4ccnc34)cc2)CC1. The van der Waals surface area contributed by atoms with Gasteiger partial charge >= 0.3 is 0 Å². The lowest BCUT2D eigenvalue weighted by Gasteiger charge is -2.38. The van der Waals surface area contributed by atoms with Crippen molar-refractivity contribution in [1.29, 1.82) is 0 Å². The number of phenols is 1. The zero-order valence-corrected chi connectivity index (χ0v) is 18.6. The second-order valence-electron chi connectivity index (χ2n) is 8.59. The summed E-state index contributed by atoms with van der Waals surface area (Å²) in [6, 6.07) is 20.6. The summed E-state index contributed by atoms with van der Waals surface area (Å²) in [6.45, 7) is 8.89. The number of nitrogens with zero attached hydrogens (tertiary/aromatic N) is 4. The lowest BCUT2D eigenvalue weighted by Crippen LogP contribution is -2.48. The van der Waals surface area contributed by atoms with Crippen LogP contribution in [-0.2, 0) is 0 Å². The molecule has 0 atom stereocenters. The molecule has 0 amide bonds. The van der Waals surface area contributed by atoms with Gasteiger partial charge in [0, 0.05) is 61.6 Å². The number of piperazine rings is 1. The van der Waals surface area contributed by atoms with Crippen LogP contribution in [0.4, 0.5) is 17.1 Å². The molecule has 164 valence electrons. The van der Waals surface area contributed by atoms with E-state index in [9.17, 15) is 5.11 Å². The number of hydrogen-bond acceptors (Lipinski definition) is 5. The van der Waals surface area contributed by atoms with Crippen molar-refractivity contribution in [2.24, 2.45) is 0 Å². The van der Waals surface area contributed by atoms with E-state index in [1.54, 1.807) is 18.3 Å². The highest BCUT2D eigenvalue weighted by Gasteiger charge is 2.19. The quantitative estimate of drug-likeness (QED) is 0.470. The Kier molecular flexibility index (Phi) is 5.45. The number of imidazole rings is 1. The monoisotopic (exact) mass is 427 g/mol. The van der Waals surface area contributed by atoms with Crippen LogP contribution >= 0.6 is 0 Å². The molecule has 2 aromatic carbocycles. The molecule has 0 bridgehead atoms. The average Bonchev–Trinajstić information content (AvgIpc) is 3.30. The fourth-order valence-electron chi connectivity index (χ4n) is 4.42. The third kappa shape index (κ3) is 4.01. The summed E-state index contributed by atoms with van der Waals surface area (Å²) < 4.78 is 2.04. The number of nitrogens with one attached hydrogen (secondary N) is 1. The molecule has 1 aliphatic heterocycles. The van der Waals surface area contributed by atoms with Crippen LogP contribution in [0.5, 0.6) is 5.75 Å². The summed E-state index contributed by atoms with van der Waals surface area (Å²) >= 11 is 0. The van der Waals surface area contributed by atoms with Gasteiger partial charge in [0.05, 0.1) is 11.4 Å². The number of anilines is 3. The van der Waals surface area contributed by atoms with Crippen LogP contribution in [0.2, 0.25) is 0 Å². The molecule has 2 N–H and O–H groups in total. The van der Waals surface area contributed by atoms with Crippen LogP contribution < -0.4 is 10.2 Å². The van der Waals surface area contributed by atoms with Crippen molar-refractivity contribution in [2.75, 3.05) is 36.4 Å². The van der Waals surface area contributed by atoms with Gasteiger partial charge in [0.25, 0.3) is 0 Å². The summed E-state index contributed by atoms with van der Waals surface area (Å²) in [5, 5.41) is 13.4. The summed E-state index contributed by atoms with van der Waals surface area (Å²) in [5.41, 5.74) is 6.02. The standard InChI is InChI=1S/C26H29N5O/c1-19(2)29-14-16-30(17-15-29)22-8-6-21(7-9-22)28-24-10-11-25(31-13-12-27-26(24)31)20-4-3-5-23(32)18-20/h3-13,18-19,28,32H,14-17H2,1-2H3. The Morgan fingerprint density at radius 2 is 1.72 bits per heavy atom. The molecule has 0 unspecified atom stereocenters. The van der Waals surface area contributed by atoms with E-state index in [4.69, 9.17) is 0 Å². The first kappa shape index (κ1) is 20.4. The normalized spacial score (nSPS) is 14.9. The topological polar surface area (TPSA) is 56.0 Å². The first-order valence-corrected chi connectivity index (χ1v) is 11.2. The fourth-order valence-corrected chi connectivity index (χ4v) is 4.42. The van der Waals surface area contributed by atoms with Crippen LogP contribution in [-0.4, -0.2) is 51.6 Å². The van der Waals surface area contributed by atoms with E-state index in [1.807, 2.05) is 34.9 Å².